The molecular formula is C27H34N2O6. The number of nitrogens with zero attached hydrogens (tertiary/aromatic N) is 2. The van der Waals surface area contributed by atoms with E-state index in [9.17, 15) is 25.0 Å². The number of nitro groups is 2. The second-order valence-corrected chi connectivity index (χ2v) is 9.99. The van der Waals surface area contributed by atoms with Crippen LogP contribution in [0.1, 0.15) is 99.5 Å². The van der Waals surface area contributed by atoms with E-state index in [4.69, 9.17) is 4.74 Å². The van der Waals surface area contributed by atoms with Gasteiger partial charge in [0.15, 0.2) is 0 Å². The number of rotatable bonds is 10. The second kappa shape index (κ2) is 11.4. The first-order chi connectivity index (χ1) is 16.6. The molecule has 0 amide bonds. The number of carbonyl (C=O) groups excluding carboxylic acids is 1. The van der Waals surface area contributed by atoms with Crippen LogP contribution >= 0.6 is 0 Å². The molecule has 0 aromatic heterocycles. The molecule has 8 heteroatoms. The molecule has 0 spiro atoms. The van der Waals surface area contributed by atoms with Crippen molar-refractivity contribution in [2.45, 2.75) is 83.7 Å². The SMILES string of the molecule is CCCCCC1CCC(c2ccc(C(C)(C)OC(=O)c3cc([N+](=O)[O-])cc([N+](=O)[O-])c3)cc2)CC1. The summed E-state index contributed by atoms with van der Waals surface area (Å²) >= 11 is 0. The van der Waals surface area contributed by atoms with E-state index in [0.717, 1.165) is 29.7 Å². The zero-order valence-corrected chi connectivity index (χ0v) is 20.7. The third-order valence-corrected chi connectivity index (χ3v) is 7.05. The number of hydrogen-bond donors (Lipinski definition) is 0. The molecule has 1 saturated carbocycles. The molecule has 0 radical (unpaired) electrons. The first kappa shape index (κ1) is 26.3. The third-order valence-electron chi connectivity index (χ3n) is 7.05. The number of unbranched alkanes of at least 4 members (excludes halogenated alkanes) is 2. The number of hydrogen-bond acceptors (Lipinski definition) is 6. The maximum Gasteiger partial charge on any atom is 0.339 e. The van der Waals surface area contributed by atoms with Crippen LogP contribution in [-0.4, -0.2) is 15.8 Å². The number of ether oxygens (including phenoxy) is 1. The Kier molecular flexibility index (Phi) is 8.59. The van der Waals surface area contributed by atoms with Crippen LogP contribution in [0.4, 0.5) is 11.4 Å². The number of benzene rings is 2. The van der Waals surface area contributed by atoms with Gasteiger partial charge in [-0.2, -0.15) is 0 Å². The normalized spacial score (nSPS) is 18.1. The first-order valence-electron chi connectivity index (χ1n) is 12.4. The van der Waals surface area contributed by atoms with E-state index in [1.807, 2.05) is 12.1 Å². The maximum atomic E-state index is 12.8. The Morgan fingerprint density at radius 2 is 1.51 bits per heavy atom. The predicted molar refractivity (Wildman–Crippen MR) is 133 cm³/mol. The number of esters is 1. The van der Waals surface area contributed by atoms with Gasteiger partial charge in [-0.1, -0.05) is 56.9 Å². The second-order valence-electron chi connectivity index (χ2n) is 9.99. The standard InChI is InChI=1S/C27H34N2O6/c1-4-5-6-7-19-8-10-20(11-9-19)21-12-14-23(15-13-21)27(2,3)35-26(30)22-16-24(28(31)32)18-25(17-22)29(33)34/h12-20H,4-11H2,1-3H3. The summed E-state index contributed by atoms with van der Waals surface area (Å²) in [6.45, 7) is 5.70. The van der Waals surface area contributed by atoms with Gasteiger partial charge in [-0.25, -0.2) is 4.79 Å². The molecule has 2 aromatic rings. The summed E-state index contributed by atoms with van der Waals surface area (Å²) in [4.78, 5) is 33.5. The molecule has 188 valence electrons. The van der Waals surface area contributed by atoms with Gasteiger partial charge in [0.2, 0.25) is 0 Å². The Labute approximate surface area is 206 Å². The summed E-state index contributed by atoms with van der Waals surface area (Å²) < 4.78 is 5.64. The Hall–Kier alpha value is -3.29. The van der Waals surface area contributed by atoms with Gasteiger partial charge >= 0.3 is 5.97 Å². The molecule has 3 rings (SSSR count). The molecule has 0 bridgehead atoms. The van der Waals surface area contributed by atoms with E-state index < -0.39 is 32.8 Å². The zero-order chi connectivity index (χ0) is 25.6. The topological polar surface area (TPSA) is 113 Å². The minimum atomic E-state index is -1.02. The predicted octanol–water partition coefficient (Wildman–Crippen LogP) is 7.45. The van der Waals surface area contributed by atoms with Crippen molar-refractivity contribution in [2.75, 3.05) is 0 Å². The van der Waals surface area contributed by atoms with E-state index in [-0.39, 0.29) is 5.56 Å². The Bertz CT molecular complexity index is 1020. The van der Waals surface area contributed by atoms with Crippen LogP contribution in [0.15, 0.2) is 42.5 Å². The van der Waals surface area contributed by atoms with Crippen LogP contribution in [0, 0.1) is 26.1 Å². The van der Waals surface area contributed by atoms with Crippen molar-refractivity contribution in [1.29, 1.82) is 0 Å². The van der Waals surface area contributed by atoms with Gasteiger partial charge < -0.3 is 4.74 Å². The van der Waals surface area contributed by atoms with Crippen molar-refractivity contribution in [1.82, 2.24) is 0 Å². The molecule has 1 aliphatic rings. The van der Waals surface area contributed by atoms with E-state index in [0.29, 0.717) is 5.92 Å². The van der Waals surface area contributed by atoms with Gasteiger partial charge in [-0.05, 0) is 62.5 Å². The van der Waals surface area contributed by atoms with Crippen LogP contribution < -0.4 is 0 Å². The Balaban J connectivity index is 1.66. The largest absolute Gasteiger partial charge is 0.451 e. The molecule has 35 heavy (non-hydrogen) atoms. The fourth-order valence-electron chi connectivity index (χ4n) is 4.90. The van der Waals surface area contributed by atoms with E-state index >= 15 is 0 Å². The quantitative estimate of drug-likeness (QED) is 0.150. The van der Waals surface area contributed by atoms with Crippen LogP contribution in [0.25, 0.3) is 0 Å². The van der Waals surface area contributed by atoms with E-state index in [1.165, 1.54) is 56.9 Å². The van der Waals surface area contributed by atoms with Gasteiger partial charge in [0.1, 0.15) is 5.60 Å². The first-order valence-corrected chi connectivity index (χ1v) is 12.4. The molecule has 0 N–H and O–H groups in total. The molecule has 0 aliphatic heterocycles. The van der Waals surface area contributed by atoms with Gasteiger partial charge in [0.05, 0.1) is 21.5 Å². The van der Waals surface area contributed by atoms with Crippen molar-refractivity contribution in [2.24, 2.45) is 5.92 Å². The van der Waals surface area contributed by atoms with Crippen molar-refractivity contribution >= 4 is 17.3 Å². The van der Waals surface area contributed by atoms with Gasteiger partial charge in [0.25, 0.3) is 11.4 Å². The lowest BCUT2D eigenvalue weighted by atomic mass is 9.77. The summed E-state index contributed by atoms with van der Waals surface area (Å²) in [6.07, 6.45) is 10.2. The molecule has 1 fully saturated rings. The summed E-state index contributed by atoms with van der Waals surface area (Å²) in [5, 5.41) is 22.3. The fraction of sp³-hybridized carbons (Fsp3) is 0.519. The monoisotopic (exact) mass is 482 g/mol. The summed E-state index contributed by atoms with van der Waals surface area (Å²) in [5.41, 5.74) is -0.251. The van der Waals surface area contributed by atoms with Crippen molar-refractivity contribution in [3.05, 3.63) is 79.4 Å². The van der Waals surface area contributed by atoms with Crippen molar-refractivity contribution in [3.8, 4) is 0 Å². The third kappa shape index (κ3) is 6.87. The number of carbonyl (C=O) groups is 1. The average Bonchev–Trinajstić information content (AvgIpc) is 2.84. The molecule has 0 unspecified atom stereocenters. The molecule has 8 nitrogen and oxygen atoms in total. The summed E-state index contributed by atoms with van der Waals surface area (Å²) in [6, 6.07) is 10.9. The van der Waals surface area contributed by atoms with Gasteiger partial charge in [-0.15, -0.1) is 0 Å². The highest BCUT2D eigenvalue weighted by molar-refractivity contribution is 5.91. The van der Waals surface area contributed by atoms with Gasteiger partial charge in [0, 0.05) is 12.1 Å². The summed E-state index contributed by atoms with van der Waals surface area (Å²) in [7, 11) is 0. The highest BCUT2D eigenvalue weighted by Gasteiger charge is 2.29. The molecule has 0 atom stereocenters. The molecule has 1 aliphatic carbocycles. The van der Waals surface area contributed by atoms with Crippen LogP contribution in [0.3, 0.4) is 0 Å². The number of nitro benzene ring substituents is 2. The van der Waals surface area contributed by atoms with Gasteiger partial charge in [-0.3, -0.25) is 20.2 Å². The lowest BCUT2D eigenvalue weighted by molar-refractivity contribution is -0.394. The minimum absolute atomic E-state index is 0.230. The van der Waals surface area contributed by atoms with E-state index in [2.05, 4.69) is 19.1 Å². The highest BCUT2D eigenvalue weighted by Crippen LogP contribution is 2.38. The summed E-state index contributed by atoms with van der Waals surface area (Å²) in [5.74, 6) is 0.537. The molecule has 2 aromatic carbocycles. The molecule has 0 saturated heterocycles. The Morgan fingerprint density at radius 1 is 0.943 bits per heavy atom. The lowest BCUT2D eigenvalue weighted by Crippen LogP contribution is -2.26. The van der Waals surface area contributed by atoms with Crippen LogP contribution in [-0.2, 0) is 10.3 Å². The Morgan fingerprint density at radius 3 is 2.03 bits per heavy atom. The average molecular weight is 483 g/mol. The lowest BCUT2D eigenvalue weighted by Gasteiger charge is -2.30. The zero-order valence-electron chi connectivity index (χ0n) is 20.7. The van der Waals surface area contributed by atoms with Crippen LogP contribution in [0.5, 0.6) is 0 Å². The fourth-order valence-corrected chi connectivity index (χ4v) is 4.90. The van der Waals surface area contributed by atoms with E-state index in [1.54, 1.807) is 13.8 Å². The van der Waals surface area contributed by atoms with Crippen molar-refractivity contribution in [3.63, 3.8) is 0 Å². The number of non-ortho nitro benzene ring substituents is 2. The minimum Gasteiger partial charge on any atom is -0.451 e. The smallest absolute Gasteiger partial charge is 0.339 e. The highest BCUT2D eigenvalue weighted by atomic mass is 16.6. The maximum absolute atomic E-state index is 12.8. The van der Waals surface area contributed by atoms with Crippen molar-refractivity contribution < 1.29 is 19.4 Å². The van der Waals surface area contributed by atoms with Crippen LogP contribution in [0.2, 0.25) is 0 Å². The molecule has 0 heterocycles. The molecular weight excluding hydrogens is 448 g/mol.